The molecule has 0 aromatic heterocycles. The zero-order valence-corrected chi connectivity index (χ0v) is 12.1. The summed E-state index contributed by atoms with van der Waals surface area (Å²) < 4.78 is 5.51. The van der Waals surface area contributed by atoms with E-state index in [-0.39, 0.29) is 5.41 Å². The minimum absolute atomic E-state index is 0.159. The Hall–Kier alpha value is -1.06. The molecule has 0 fully saturated rings. The maximum Gasteiger partial charge on any atom is 0.119 e. The molecule has 0 bridgehead atoms. The maximum absolute atomic E-state index is 5.76. The fourth-order valence-corrected chi connectivity index (χ4v) is 2.06. The van der Waals surface area contributed by atoms with Crippen LogP contribution in [0.5, 0.6) is 5.75 Å². The number of hydrogen-bond acceptors (Lipinski definition) is 3. The third-order valence-electron chi connectivity index (χ3n) is 2.91. The SMILES string of the molecule is CCOc1cccc(CN(C)CC(C)(C)CN)c1. The van der Waals surface area contributed by atoms with Crippen molar-refractivity contribution >= 4 is 0 Å². The number of rotatable bonds is 7. The van der Waals surface area contributed by atoms with E-state index in [0.29, 0.717) is 13.2 Å². The molecule has 3 heteroatoms. The molecule has 0 atom stereocenters. The van der Waals surface area contributed by atoms with Gasteiger partial charge in [-0.25, -0.2) is 0 Å². The smallest absolute Gasteiger partial charge is 0.119 e. The van der Waals surface area contributed by atoms with Gasteiger partial charge in [-0.1, -0.05) is 26.0 Å². The summed E-state index contributed by atoms with van der Waals surface area (Å²) in [4.78, 5) is 2.30. The summed E-state index contributed by atoms with van der Waals surface area (Å²) in [6.07, 6.45) is 0. The lowest BCUT2D eigenvalue weighted by Gasteiger charge is -2.29. The molecule has 18 heavy (non-hydrogen) atoms. The lowest BCUT2D eigenvalue weighted by molar-refractivity contribution is 0.209. The molecular weight excluding hydrogens is 224 g/mol. The van der Waals surface area contributed by atoms with Gasteiger partial charge in [0.15, 0.2) is 0 Å². The summed E-state index contributed by atoms with van der Waals surface area (Å²) in [6, 6.07) is 8.28. The van der Waals surface area contributed by atoms with Crippen LogP contribution in [0.4, 0.5) is 0 Å². The van der Waals surface area contributed by atoms with Crippen LogP contribution < -0.4 is 10.5 Å². The molecule has 0 unspecified atom stereocenters. The molecule has 0 saturated carbocycles. The number of nitrogens with zero attached hydrogens (tertiary/aromatic N) is 1. The molecule has 0 saturated heterocycles. The first-order valence-electron chi connectivity index (χ1n) is 6.57. The van der Waals surface area contributed by atoms with E-state index in [4.69, 9.17) is 10.5 Å². The standard InChI is InChI=1S/C15H26N2O/c1-5-18-14-8-6-7-13(9-14)10-17(4)12-15(2,3)11-16/h6-9H,5,10-12,16H2,1-4H3. The van der Waals surface area contributed by atoms with Crippen molar-refractivity contribution in [1.29, 1.82) is 0 Å². The van der Waals surface area contributed by atoms with Crippen molar-refractivity contribution in [2.45, 2.75) is 27.3 Å². The summed E-state index contributed by atoms with van der Waals surface area (Å²) >= 11 is 0. The Labute approximate surface area is 111 Å². The van der Waals surface area contributed by atoms with Crippen molar-refractivity contribution < 1.29 is 4.74 Å². The van der Waals surface area contributed by atoms with Crippen LogP contribution >= 0.6 is 0 Å². The van der Waals surface area contributed by atoms with Gasteiger partial charge in [0.05, 0.1) is 6.61 Å². The molecule has 0 aliphatic carbocycles. The summed E-state index contributed by atoms with van der Waals surface area (Å²) in [7, 11) is 2.13. The minimum atomic E-state index is 0.159. The van der Waals surface area contributed by atoms with Gasteiger partial charge < -0.3 is 15.4 Å². The second-order valence-corrected chi connectivity index (χ2v) is 5.62. The average molecular weight is 250 g/mol. The monoisotopic (exact) mass is 250 g/mol. The Morgan fingerprint density at radius 1 is 1.33 bits per heavy atom. The predicted molar refractivity (Wildman–Crippen MR) is 76.8 cm³/mol. The van der Waals surface area contributed by atoms with Gasteiger partial charge in [-0.15, -0.1) is 0 Å². The fraction of sp³-hybridized carbons (Fsp3) is 0.600. The van der Waals surface area contributed by atoms with Gasteiger partial charge in [0.1, 0.15) is 5.75 Å². The van der Waals surface area contributed by atoms with E-state index in [1.165, 1.54) is 5.56 Å². The molecule has 0 amide bonds. The van der Waals surface area contributed by atoms with E-state index in [2.05, 4.69) is 37.9 Å². The normalized spacial score (nSPS) is 11.9. The summed E-state index contributed by atoms with van der Waals surface area (Å²) in [5.74, 6) is 0.946. The van der Waals surface area contributed by atoms with Gasteiger partial charge in [-0.05, 0) is 43.6 Å². The Morgan fingerprint density at radius 2 is 2.06 bits per heavy atom. The molecule has 1 aromatic rings. The second-order valence-electron chi connectivity index (χ2n) is 5.62. The Morgan fingerprint density at radius 3 is 2.67 bits per heavy atom. The third kappa shape index (κ3) is 5.07. The van der Waals surface area contributed by atoms with Gasteiger partial charge >= 0.3 is 0 Å². The highest BCUT2D eigenvalue weighted by Crippen LogP contribution is 2.18. The molecule has 0 heterocycles. The van der Waals surface area contributed by atoms with E-state index in [1.54, 1.807) is 0 Å². The zero-order valence-electron chi connectivity index (χ0n) is 12.1. The Kier molecular flexibility index (Phi) is 5.63. The number of ether oxygens (including phenoxy) is 1. The molecule has 0 spiro atoms. The molecule has 102 valence electrons. The first-order chi connectivity index (χ1) is 8.46. The molecular formula is C15H26N2O. The van der Waals surface area contributed by atoms with Crippen LogP contribution in [-0.4, -0.2) is 31.6 Å². The maximum atomic E-state index is 5.76. The molecule has 2 N–H and O–H groups in total. The van der Waals surface area contributed by atoms with E-state index in [9.17, 15) is 0 Å². The van der Waals surface area contributed by atoms with Gasteiger partial charge in [0, 0.05) is 13.1 Å². The van der Waals surface area contributed by atoms with Gasteiger partial charge in [0.25, 0.3) is 0 Å². The number of benzene rings is 1. The lowest BCUT2D eigenvalue weighted by Crippen LogP contribution is -2.36. The Balaban J connectivity index is 2.58. The quantitative estimate of drug-likeness (QED) is 0.808. The number of nitrogens with two attached hydrogens (primary N) is 1. The summed E-state index contributed by atoms with van der Waals surface area (Å²) in [5, 5.41) is 0. The number of hydrogen-bond donors (Lipinski definition) is 1. The van der Waals surface area contributed by atoms with Crippen LogP contribution in [0.25, 0.3) is 0 Å². The third-order valence-corrected chi connectivity index (χ3v) is 2.91. The van der Waals surface area contributed by atoms with Crippen molar-refractivity contribution in [3.63, 3.8) is 0 Å². The highest BCUT2D eigenvalue weighted by atomic mass is 16.5. The summed E-state index contributed by atoms with van der Waals surface area (Å²) in [6.45, 7) is 9.71. The van der Waals surface area contributed by atoms with Crippen LogP contribution in [0.3, 0.4) is 0 Å². The van der Waals surface area contributed by atoms with E-state index < -0.39 is 0 Å². The molecule has 3 nitrogen and oxygen atoms in total. The van der Waals surface area contributed by atoms with E-state index >= 15 is 0 Å². The summed E-state index contributed by atoms with van der Waals surface area (Å²) in [5.41, 5.74) is 7.20. The zero-order chi connectivity index (χ0) is 13.6. The van der Waals surface area contributed by atoms with Crippen molar-refractivity contribution in [2.24, 2.45) is 11.1 Å². The first kappa shape index (κ1) is 15.0. The lowest BCUT2D eigenvalue weighted by atomic mass is 9.93. The van der Waals surface area contributed by atoms with Crippen LogP contribution in [0.2, 0.25) is 0 Å². The van der Waals surface area contributed by atoms with Gasteiger partial charge in [0.2, 0.25) is 0 Å². The predicted octanol–water partition coefficient (Wildman–Crippen LogP) is 2.50. The average Bonchev–Trinajstić information content (AvgIpc) is 2.29. The van der Waals surface area contributed by atoms with Gasteiger partial charge in [-0.3, -0.25) is 0 Å². The molecule has 1 aromatic carbocycles. The molecule has 0 aliphatic rings. The van der Waals surface area contributed by atoms with Crippen LogP contribution in [0.15, 0.2) is 24.3 Å². The van der Waals surface area contributed by atoms with Crippen molar-refractivity contribution in [3.8, 4) is 5.75 Å². The first-order valence-corrected chi connectivity index (χ1v) is 6.57. The minimum Gasteiger partial charge on any atom is -0.494 e. The largest absolute Gasteiger partial charge is 0.494 e. The van der Waals surface area contributed by atoms with E-state index in [0.717, 1.165) is 18.8 Å². The van der Waals surface area contributed by atoms with Crippen molar-refractivity contribution in [1.82, 2.24) is 4.90 Å². The van der Waals surface area contributed by atoms with Crippen LogP contribution in [0, 0.1) is 5.41 Å². The molecule has 0 aliphatic heterocycles. The molecule has 1 rings (SSSR count). The highest BCUT2D eigenvalue weighted by Gasteiger charge is 2.18. The molecule has 0 radical (unpaired) electrons. The Bertz CT molecular complexity index is 363. The highest BCUT2D eigenvalue weighted by molar-refractivity contribution is 5.28. The van der Waals surface area contributed by atoms with E-state index in [1.807, 2.05) is 19.1 Å². The van der Waals surface area contributed by atoms with Crippen molar-refractivity contribution in [3.05, 3.63) is 29.8 Å². The van der Waals surface area contributed by atoms with Crippen molar-refractivity contribution in [2.75, 3.05) is 26.7 Å². The van der Waals surface area contributed by atoms with Crippen LogP contribution in [-0.2, 0) is 6.54 Å². The second kappa shape index (κ2) is 6.76. The topological polar surface area (TPSA) is 38.5 Å². The van der Waals surface area contributed by atoms with Crippen LogP contribution in [0.1, 0.15) is 26.3 Å². The van der Waals surface area contributed by atoms with Gasteiger partial charge in [-0.2, -0.15) is 0 Å². The fourth-order valence-electron chi connectivity index (χ4n) is 2.06.